The van der Waals surface area contributed by atoms with E-state index in [1.54, 1.807) is 0 Å². The molecule has 5 aromatic carbocycles. The molecule has 3 aromatic heterocycles. The molecule has 2 aliphatic rings. The van der Waals surface area contributed by atoms with Crippen LogP contribution in [0.1, 0.15) is 6.04 Å². The smallest absolute Gasteiger partial charge is 0.255 e. The first-order valence-corrected chi connectivity index (χ1v) is 13.7. The minimum atomic E-state index is 0.0290. The normalized spacial score (nSPS) is 16.4. The largest absolute Gasteiger partial charge is 0.456 e. The van der Waals surface area contributed by atoms with Crippen LogP contribution < -0.4 is 4.58 Å². The molecule has 0 amide bonds. The fourth-order valence-corrected chi connectivity index (χ4v) is 7.03. The maximum absolute atomic E-state index is 6.53. The van der Waals surface area contributed by atoms with Gasteiger partial charge in [-0.2, -0.15) is 4.58 Å². The van der Waals surface area contributed by atoms with Crippen LogP contribution in [0.5, 0.6) is 0 Å². The third-order valence-electron chi connectivity index (χ3n) is 8.68. The van der Waals surface area contributed by atoms with Gasteiger partial charge >= 0.3 is 0 Å². The van der Waals surface area contributed by atoms with Crippen molar-refractivity contribution in [2.24, 2.45) is 0 Å². The molecule has 0 saturated heterocycles. The summed E-state index contributed by atoms with van der Waals surface area (Å²) < 4.78 is 17.7. The molecule has 4 nitrogen and oxygen atoms in total. The zero-order valence-corrected chi connectivity index (χ0v) is 21.3. The second-order valence-corrected chi connectivity index (χ2v) is 10.7. The highest BCUT2D eigenvalue weighted by Gasteiger charge is 2.38. The van der Waals surface area contributed by atoms with Gasteiger partial charge < -0.3 is 13.4 Å². The van der Waals surface area contributed by atoms with Gasteiger partial charge in [0.1, 0.15) is 28.3 Å². The van der Waals surface area contributed by atoms with Crippen molar-refractivity contribution in [3.8, 4) is 0 Å². The molecule has 4 heteroatoms. The Kier molecular flexibility index (Phi) is 3.70. The molecule has 4 heterocycles. The van der Waals surface area contributed by atoms with Gasteiger partial charge in [-0.25, -0.2) is 0 Å². The zero-order valence-electron chi connectivity index (χ0n) is 21.3. The average molecular weight is 514 g/mol. The maximum Gasteiger partial charge on any atom is 0.255 e. The van der Waals surface area contributed by atoms with Crippen LogP contribution >= 0.6 is 0 Å². The van der Waals surface area contributed by atoms with Crippen LogP contribution in [-0.4, -0.2) is 10.3 Å². The molecule has 0 radical (unpaired) electrons. The summed E-state index contributed by atoms with van der Waals surface area (Å²) in [5, 5.41) is 7.05. The van der Waals surface area contributed by atoms with Crippen LogP contribution in [0.3, 0.4) is 0 Å². The number of benzene rings is 5. The summed E-state index contributed by atoms with van der Waals surface area (Å²) in [6.45, 7) is 0. The van der Waals surface area contributed by atoms with Crippen molar-refractivity contribution in [3.63, 3.8) is 0 Å². The lowest BCUT2D eigenvalue weighted by Crippen LogP contribution is -2.30. The highest BCUT2D eigenvalue weighted by Crippen LogP contribution is 2.46. The first-order valence-electron chi connectivity index (χ1n) is 13.7. The predicted octanol–water partition coefficient (Wildman–Crippen LogP) is 9.55. The van der Waals surface area contributed by atoms with Gasteiger partial charge in [0.15, 0.2) is 0 Å². The van der Waals surface area contributed by atoms with Crippen LogP contribution in [0.2, 0.25) is 0 Å². The number of rotatable bonds is 1. The molecule has 1 aliphatic heterocycles. The van der Waals surface area contributed by atoms with Crippen molar-refractivity contribution in [3.05, 3.63) is 121 Å². The number of furan rings is 2. The van der Waals surface area contributed by atoms with Gasteiger partial charge in [0.2, 0.25) is 17.0 Å². The fourth-order valence-electron chi connectivity index (χ4n) is 7.03. The van der Waals surface area contributed by atoms with Crippen LogP contribution in [0, 0.1) is 0 Å². The van der Waals surface area contributed by atoms with Crippen molar-refractivity contribution < 1.29 is 8.83 Å². The Morgan fingerprint density at radius 2 is 1.30 bits per heavy atom. The summed E-state index contributed by atoms with van der Waals surface area (Å²) in [7, 11) is 0. The molecule has 186 valence electrons. The summed E-state index contributed by atoms with van der Waals surface area (Å²) in [5.41, 5.74) is 9.44. The van der Waals surface area contributed by atoms with Crippen molar-refractivity contribution >= 4 is 82.8 Å². The lowest BCUT2D eigenvalue weighted by Gasteiger charge is -2.24. The van der Waals surface area contributed by atoms with E-state index in [1.807, 2.05) is 24.3 Å². The van der Waals surface area contributed by atoms with E-state index in [2.05, 4.69) is 106 Å². The average Bonchev–Trinajstić information content (AvgIpc) is 3.67. The van der Waals surface area contributed by atoms with E-state index in [0.717, 1.165) is 55.3 Å². The molecule has 0 saturated carbocycles. The van der Waals surface area contributed by atoms with Gasteiger partial charge in [0, 0.05) is 56.6 Å². The number of aromatic nitrogens is 1. The second kappa shape index (κ2) is 7.19. The van der Waals surface area contributed by atoms with Gasteiger partial charge in [0.05, 0.1) is 5.52 Å². The lowest BCUT2D eigenvalue weighted by atomic mass is 10.0. The number of fused-ring (bicyclic) bond motifs is 11. The summed E-state index contributed by atoms with van der Waals surface area (Å²) >= 11 is 0. The summed E-state index contributed by atoms with van der Waals surface area (Å²) in [6.07, 6.45) is 8.81. The molecule has 0 fully saturated rings. The van der Waals surface area contributed by atoms with Crippen LogP contribution in [-0.2, 0) is 0 Å². The van der Waals surface area contributed by atoms with Gasteiger partial charge in [-0.3, -0.25) is 0 Å². The molecule has 0 N–H and O–H groups in total. The van der Waals surface area contributed by atoms with E-state index in [1.165, 1.54) is 27.5 Å². The van der Waals surface area contributed by atoms with E-state index in [-0.39, 0.29) is 6.04 Å². The molecule has 40 heavy (non-hydrogen) atoms. The molecule has 1 aliphatic carbocycles. The first kappa shape index (κ1) is 20.6. The minimum Gasteiger partial charge on any atom is -0.456 e. The first-order chi connectivity index (χ1) is 19.8. The van der Waals surface area contributed by atoms with Crippen LogP contribution in [0.15, 0.2) is 130 Å². The molecule has 1 atom stereocenters. The van der Waals surface area contributed by atoms with Crippen molar-refractivity contribution in [2.75, 3.05) is 0 Å². The highest BCUT2D eigenvalue weighted by atomic mass is 16.3. The number of hydrogen-bond acceptors (Lipinski definition) is 2. The Labute approximate surface area is 227 Å². The summed E-state index contributed by atoms with van der Waals surface area (Å²) in [4.78, 5) is 0. The van der Waals surface area contributed by atoms with Crippen molar-refractivity contribution in [1.29, 1.82) is 0 Å². The summed E-state index contributed by atoms with van der Waals surface area (Å²) in [6, 6.07) is 34.3. The van der Waals surface area contributed by atoms with E-state index in [9.17, 15) is 0 Å². The SMILES string of the molecule is C1=CC2=[N+](c3cccc4c3oc3ccccc34)c3cccc4c5cc6c(cc5n(c34)C2C=C1)oc1ccccc16. The Balaban J connectivity index is 1.35. The molecule has 0 spiro atoms. The van der Waals surface area contributed by atoms with E-state index in [0.29, 0.717) is 0 Å². The highest BCUT2D eigenvalue weighted by molar-refractivity contribution is 6.22. The van der Waals surface area contributed by atoms with E-state index >= 15 is 0 Å². The summed E-state index contributed by atoms with van der Waals surface area (Å²) in [5.74, 6) is 0. The van der Waals surface area contributed by atoms with Gasteiger partial charge in [-0.15, -0.1) is 0 Å². The number of para-hydroxylation sites is 4. The van der Waals surface area contributed by atoms with E-state index in [4.69, 9.17) is 8.83 Å². The predicted molar refractivity (Wildman–Crippen MR) is 164 cm³/mol. The molecule has 1 unspecified atom stereocenters. The third-order valence-corrected chi connectivity index (χ3v) is 8.68. The third kappa shape index (κ3) is 2.45. The molecular formula is C36H21N2O2+. The standard InChI is InChI=1S/C36H21N2O2/c1-6-18-33-21(9-1)24-12-8-16-30(36(24)40-33)37-27-13-3-4-14-28(27)38-31-20-34-26(22-10-2-5-17-32(22)39-34)19-25(31)23-11-7-15-29(37)35(23)38/h1-20,28H/q+1. The Morgan fingerprint density at radius 1 is 0.575 bits per heavy atom. The van der Waals surface area contributed by atoms with Crippen LogP contribution in [0.4, 0.5) is 11.4 Å². The monoisotopic (exact) mass is 513 g/mol. The van der Waals surface area contributed by atoms with Gasteiger partial charge in [0.25, 0.3) is 5.69 Å². The van der Waals surface area contributed by atoms with Crippen molar-refractivity contribution in [2.45, 2.75) is 6.04 Å². The molecule has 10 rings (SSSR count). The molecule has 8 aromatic rings. The number of hydrogen-bond donors (Lipinski definition) is 0. The van der Waals surface area contributed by atoms with Crippen LogP contribution in [0.25, 0.3) is 65.7 Å². The van der Waals surface area contributed by atoms with E-state index < -0.39 is 0 Å². The Morgan fingerprint density at radius 3 is 2.17 bits per heavy atom. The van der Waals surface area contributed by atoms with Gasteiger partial charge in [-0.1, -0.05) is 72.8 Å². The zero-order chi connectivity index (χ0) is 25.9. The fraction of sp³-hybridized carbons (Fsp3) is 0.0278. The number of allylic oxidation sites excluding steroid dienone is 4. The lowest BCUT2D eigenvalue weighted by molar-refractivity contribution is 0.665. The molecule has 0 bridgehead atoms. The quantitative estimate of drug-likeness (QED) is 0.205. The van der Waals surface area contributed by atoms with Gasteiger partial charge in [-0.05, 0) is 24.3 Å². The molecular weight excluding hydrogens is 492 g/mol. The Bertz CT molecular complexity index is 2500. The minimum absolute atomic E-state index is 0.0290. The topological polar surface area (TPSA) is 34.2 Å². The Hall–Kier alpha value is -5.35. The second-order valence-electron chi connectivity index (χ2n) is 10.7. The number of nitrogens with zero attached hydrogens (tertiary/aromatic N) is 2. The maximum atomic E-state index is 6.53. The van der Waals surface area contributed by atoms with Crippen molar-refractivity contribution in [1.82, 2.24) is 9.14 Å².